The second kappa shape index (κ2) is 10.7. The van der Waals surface area contributed by atoms with Crippen LogP contribution in [0.1, 0.15) is 0 Å². The molecule has 2 heterocycles. The number of aromatic amines is 1. The standard InChI is InChI=1S/C26H26ClN5O3S2/c1-30-14-16-31(17-15-30)25-20(27)10-7-12-22(25)28-24(33)18-36-26-29-21-11-5-6-13-23(21)32(26)37(34,35)19-8-3-2-4-9-19/h2-13H,14-18H2,1H3,(H,28,33)/p+1. The molecule has 0 saturated carbocycles. The maximum Gasteiger partial charge on any atom is 0.336 e. The lowest BCUT2D eigenvalue weighted by Crippen LogP contribution is -2.45. The zero-order chi connectivity index (χ0) is 26.0. The van der Waals surface area contributed by atoms with Gasteiger partial charge < -0.3 is 15.1 Å². The smallest absolute Gasteiger partial charge is 0.336 e. The number of halogens is 1. The minimum Gasteiger partial charge on any atom is -0.366 e. The van der Waals surface area contributed by atoms with Crippen LogP contribution in [0.15, 0.2) is 82.8 Å². The number of H-pyrrole nitrogens is 1. The van der Waals surface area contributed by atoms with E-state index in [1.165, 1.54) is 3.97 Å². The van der Waals surface area contributed by atoms with Gasteiger partial charge in [0.2, 0.25) is 5.91 Å². The van der Waals surface area contributed by atoms with Crippen molar-refractivity contribution in [1.29, 1.82) is 0 Å². The molecule has 1 aromatic heterocycles. The number of nitrogens with one attached hydrogen (secondary N) is 2. The molecule has 5 rings (SSSR count). The number of likely N-dealkylation sites (N-methyl/N-ethyl adjacent to an activating group) is 1. The minimum atomic E-state index is -3.89. The van der Waals surface area contributed by atoms with Crippen molar-refractivity contribution in [2.24, 2.45) is 0 Å². The zero-order valence-corrected chi connectivity index (χ0v) is 22.6. The van der Waals surface area contributed by atoms with E-state index in [1.807, 2.05) is 30.3 Å². The molecular formula is C26H27ClN5O3S2+. The van der Waals surface area contributed by atoms with Gasteiger partial charge in [-0.05, 0) is 55.2 Å². The molecule has 1 fully saturated rings. The number of para-hydroxylation sites is 3. The Bertz CT molecular complexity index is 1530. The monoisotopic (exact) mass is 556 g/mol. The Kier molecular flexibility index (Phi) is 7.43. The van der Waals surface area contributed by atoms with Gasteiger partial charge in [-0.15, -0.1) is 3.97 Å². The average Bonchev–Trinajstić information content (AvgIpc) is 3.28. The number of aromatic nitrogens is 2. The summed E-state index contributed by atoms with van der Waals surface area (Å²) in [4.78, 5) is 20.8. The molecule has 11 heteroatoms. The average molecular weight is 557 g/mol. The molecule has 37 heavy (non-hydrogen) atoms. The highest BCUT2D eigenvalue weighted by molar-refractivity contribution is 8.00. The van der Waals surface area contributed by atoms with Gasteiger partial charge in [0, 0.05) is 26.2 Å². The Morgan fingerprint density at radius 2 is 1.70 bits per heavy atom. The molecule has 0 atom stereocenters. The third-order valence-corrected chi connectivity index (χ3v) is 9.36. The van der Waals surface area contributed by atoms with E-state index in [9.17, 15) is 13.2 Å². The van der Waals surface area contributed by atoms with Crippen molar-refractivity contribution >= 4 is 61.7 Å². The van der Waals surface area contributed by atoms with Gasteiger partial charge in [0.25, 0.3) is 0 Å². The molecule has 0 aliphatic carbocycles. The number of anilines is 2. The van der Waals surface area contributed by atoms with Crippen LogP contribution in [-0.4, -0.2) is 63.2 Å². The highest BCUT2D eigenvalue weighted by Gasteiger charge is 2.32. The first kappa shape index (κ1) is 25.6. The number of hydrogen-bond acceptors (Lipinski definition) is 6. The van der Waals surface area contributed by atoms with Crippen molar-refractivity contribution in [3.05, 3.63) is 77.8 Å². The van der Waals surface area contributed by atoms with Crippen molar-refractivity contribution < 1.29 is 17.2 Å². The third kappa shape index (κ3) is 5.33. The van der Waals surface area contributed by atoms with E-state index in [1.54, 1.807) is 42.5 Å². The Morgan fingerprint density at radius 3 is 2.46 bits per heavy atom. The minimum absolute atomic E-state index is 0.00578. The molecule has 0 bridgehead atoms. The molecule has 3 aromatic carbocycles. The van der Waals surface area contributed by atoms with Crippen molar-refractivity contribution in [2.45, 2.75) is 10.1 Å². The van der Waals surface area contributed by atoms with E-state index in [0.717, 1.165) is 43.6 Å². The summed E-state index contributed by atoms with van der Waals surface area (Å²) >= 11 is 7.67. The normalized spacial score (nSPS) is 14.7. The largest absolute Gasteiger partial charge is 0.366 e. The highest BCUT2D eigenvalue weighted by atomic mass is 35.5. The van der Waals surface area contributed by atoms with Gasteiger partial charge in [0.15, 0.2) is 11.0 Å². The number of thioether (sulfide) groups is 1. The van der Waals surface area contributed by atoms with Crippen LogP contribution in [0.2, 0.25) is 5.02 Å². The van der Waals surface area contributed by atoms with Crippen molar-refractivity contribution in [1.82, 2.24) is 9.88 Å². The van der Waals surface area contributed by atoms with Crippen LogP contribution in [0.3, 0.4) is 0 Å². The number of fused-ring (bicyclic) bond motifs is 1. The lowest BCUT2D eigenvalue weighted by Gasteiger charge is -2.35. The SMILES string of the molecule is CN1CCN(c2c(Cl)cccc2NC(=O)CSc2[nH]c3ccccc3[n+]2S(=O)(=O)c2ccccc2)CC1. The second-order valence-electron chi connectivity index (χ2n) is 8.79. The van der Waals surface area contributed by atoms with Crippen LogP contribution in [-0.2, 0) is 14.8 Å². The fourth-order valence-electron chi connectivity index (χ4n) is 4.35. The first-order chi connectivity index (χ1) is 17.8. The molecule has 0 unspecified atom stereocenters. The number of nitrogens with zero attached hydrogens (tertiary/aromatic N) is 3. The van der Waals surface area contributed by atoms with Gasteiger partial charge in [0.05, 0.1) is 22.2 Å². The van der Waals surface area contributed by atoms with Crippen LogP contribution in [0, 0.1) is 0 Å². The molecule has 0 radical (unpaired) electrons. The molecule has 1 aliphatic heterocycles. The number of benzene rings is 3. The fourth-order valence-corrected chi connectivity index (χ4v) is 7.23. The first-order valence-corrected chi connectivity index (χ1v) is 14.6. The Hall–Kier alpha value is -3.05. The molecule has 1 amide bonds. The quantitative estimate of drug-likeness (QED) is 0.266. The summed E-state index contributed by atoms with van der Waals surface area (Å²) in [7, 11) is -1.80. The first-order valence-electron chi connectivity index (χ1n) is 11.8. The molecule has 1 saturated heterocycles. The third-order valence-electron chi connectivity index (χ3n) is 6.25. The van der Waals surface area contributed by atoms with E-state index in [2.05, 4.69) is 27.1 Å². The van der Waals surface area contributed by atoms with Gasteiger partial charge in [0.1, 0.15) is 4.90 Å². The van der Waals surface area contributed by atoms with Crippen LogP contribution < -0.4 is 14.2 Å². The molecule has 2 N–H and O–H groups in total. The molecule has 0 spiro atoms. The highest BCUT2D eigenvalue weighted by Crippen LogP contribution is 2.34. The Balaban J connectivity index is 1.39. The number of imidazole rings is 1. The Morgan fingerprint density at radius 1 is 1.00 bits per heavy atom. The molecule has 8 nitrogen and oxygen atoms in total. The van der Waals surface area contributed by atoms with E-state index >= 15 is 0 Å². The Labute approximate surface area is 225 Å². The van der Waals surface area contributed by atoms with Gasteiger partial charge in [-0.25, -0.2) is 4.98 Å². The summed E-state index contributed by atoms with van der Waals surface area (Å²) in [5.41, 5.74) is 2.63. The predicted molar refractivity (Wildman–Crippen MR) is 148 cm³/mol. The van der Waals surface area contributed by atoms with Crippen LogP contribution in [0.4, 0.5) is 11.4 Å². The molecule has 1 aliphatic rings. The summed E-state index contributed by atoms with van der Waals surface area (Å²) in [5, 5.41) is 3.92. The lowest BCUT2D eigenvalue weighted by molar-refractivity contribution is -0.526. The number of rotatable bonds is 7. The van der Waals surface area contributed by atoms with Gasteiger partial charge in [-0.1, -0.05) is 48.0 Å². The molecule has 192 valence electrons. The number of amides is 1. The summed E-state index contributed by atoms with van der Waals surface area (Å²) in [6, 6.07) is 20.9. The number of carbonyl (C=O) groups is 1. The topological polar surface area (TPSA) is 89.4 Å². The summed E-state index contributed by atoms with van der Waals surface area (Å²) < 4.78 is 28.4. The van der Waals surface area contributed by atoms with E-state index in [0.29, 0.717) is 26.9 Å². The fraction of sp³-hybridized carbons (Fsp3) is 0.231. The van der Waals surface area contributed by atoms with Gasteiger partial charge in [-0.3, -0.25) is 4.79 Å². The number of hydrogen-bond donors (Lipinski definition) is 2. The maximum atomic E-state index is 13.6. The van der Waals surface area contributed by atoms with Crippen molar-refractivity contribution in [3.63, 3.8) is 0 Å². The number of piperazine rings is 1. The van der Waals surface area contributed by atoms with Crippen molar-refractivity contribution in [2.75, 3.05) is 49.2 Å². The maximum absolute atomic E-state index is 13.6. The van der Waals surface area contributed by atoms with E-state index < -0.39 is 10.0 Å². The molecule has 4 aromatic rings. The van der Waals surface area contributed by atoms with Crippen LogP contribution in [0.5, 0.6) is 0 Å². The molecular weight excluding hydrogens is 530 g/mol. The van der Waals surface area contributed by atoms with Crippen molar-refractivity contribution in [3.8, 4) is 0 Å². The summed E-state index contributed by atoms with van der Waals surface area (Å²) in [5.74, 6) is -0.254. The second-order valence-corrected chi connectivity index (χ2v) is 12.0. The van der Waals surface area contributed by atoms with Gasteiger partial charge in [-0.2, -0.15) is 8.42 Å². The number of carbonyl (C=O) groups excluding carboxylic acids is 1. The predicted octanol–water partition coefficient (Wildman–Crippen LogP) is 3.83. The van der Waals surface area contributed by atoms with E-state index in [4.69, 9.17) is 11.6 Å². The van der Waals surface area contributed by atoms with E-state index in [-0.39, 0.29) is 16.6 Å². The summed E-state index contributed by atoms with van der Waals surface area (Å²) in [6.45, 7) is 3.43. The van der Waals surface area contributed by atoms with Crippen LogP contribution >= 0.6 is 23.4 Å². The van der Waals surface area contributed by atoms with Crippen LogP contribution in [0.25, 0.3) is 11.0 Å². The lowest BCUT2D eigenvalue weighted by atomic mass is 10.2. The summed E-state index contributed by atoms with van der Waals surface area (Å²) in [6.07, 6.45) is 0. The van der Waals surface area contributed by atoms with Gasteiger partial charge >= 0.3 is 15.2 Å². The zero-order valence-electron chi connectivity index (χ0n) is 20.2.